The van der Waals surface area contributed by atoms with Crippen molar-refractivity contribution >= 4 is 31.9 Å². The molecule has 2 nitrogen and oxygen atoms in total. The van der Waals surface area contributed by atoms with E-state index in [1.807, 2.05) is 18.2 Å². The molecular formula is C15H14Br2FNO. The van der Waals surface area contributed by atoms with Crippen LogP contribution in [-0.2, 0) is 6.42 Å². The molecule has 0 aliphatic rings. The zero-order valence-corrected chi connectivity index (χ0v) is 14.0. The highest BCUT2D eigenvalue weighted by molar-refractivity contribution is 9.10. The Morgan fingerprint density at radius 3 is 2.55 bits per heavy atom. The van der Waals surface area contributed by atoms with Crippen molar-refractivity contribution in [2.75, 3.05) is 7.11 Å². The topological polar surface area (TPSA) is 35.2 Å². The largest absolute Gasteiger partial charge is 0.497 e. The first-order valence-corrected chi connectivity index (χ1v) is 7.63. The van der Waals surface area contributed by atoms with Crippen molar-refractivity contribution in [3.8, 4) is 5.75 Å². The van der Waals surface area contributed by atoms with Crippen LogP contribution in [0.4, 0.5) is 4.39 Å². The molecule has 2 aromatic carbocycles. The van der Waals surface area contributed by atoms with Gasteiger partial charge in [-0.05, 0) is 47.9 Å². The van der Waals surface area contributed by atoms with Crippen molar-refractivity contribution in [1.29, 1.82) is 0 Å². The highest BCUT2D eigenvalue weighted by Crippen LogP contribution is 2.30. The SMILES string of the molecule is COc1ccc(Br)c(C(N)Cc2ccc(F)cc2Br)c1. The molecule has 0 spiro atoms. The summed E-state index contributed by atoms with van der Waals surface area (Å²) in [5, 5.41) is 0. The van der Waals surface area contributed by atoms with E-state index in [2.05, 4.69) is 31.9 Å². The maximum Gasteiger partial charge on any atom is 0.124 e. The summed E-state index contributed by atoms with van der Waals surface area (Å²) in [4.78, 5) is 0. The van der Waals surface area contributed by atoms with Crippen LogP contribution in [0.2, 0.25) is 0 Å². The van der Waals surface area contributed by atoms with Gasteiger partial charge in [0.25, 0.3) is 0 Å². The second kappa shape index (κ2) is 6.70. The van der Waals surface area contributed by atoms with E-state index in [0.717, 1.165) is 25.8 Å². The molecule has 1 unspecified atom stereocenters. The van der Waals surface area contributed by atoms with Crippen molar-refractivity contribution in [3.63, 3.8) is 0 Å². The molecule has 2 aromatic rings. The number of nitrogens with two attached hydrogens (primary N) is 1. The van der Waals surface area contributed by atoms with Crippen LogP contribution in [0.15, 0.2) is 45.3 Å². The van der Waals surface area contributed by atoms with Crippen LogP contribution in [0.5, 0.6) is 5.75 Å². The van der Waals surface area contributed by atoms with E-state index in [4.69, 9.17) is 10.5 Å². The summed E-state index contributed by atoms with van der Waals surface area (Å²) in [6, 6.07) is 10.1. The summed E-state index contributed by atoms with van der Waals surface area (Å²) in [6.07, 6.45) is 0.604. The van der Waals surface area contributed by atoms with Crippen molar-refractivity contribution in [2.24, 2.45) is 5.73 Å². The summed E-state index contributed by atoms with van der Waals surface area (Å²) in [5.41, 5.74) is 8.18. The van der Waals surface area contributed by atoms with E-state index in [0.29, 0.717) is 6.42 Å². The highest BCUT2D eigenvalue weighted by atomic mass is 79.9. The van der Waals surface area contributed by atoms with Gasteiger partial charge in [0.1, 0.15) is 11.6 Å². The van der Waals surface area contributed by atoms with Gasteiger partial charge < -0.3 is 10.5 Å². The zero-order chi connectivity index (χ0) is 14.7. The van der Waals surface area contributed by atoms with Crippen LogP contribution in [0.25, 0.3) is 0 Å². The number of benzene rings is 2. The van der Waals surface area contributed by atoms with Gasteiger partial charge in [-0.1, -0.05) is 37.9 Å². The molecule has 20 heavy (non-hydrogen) atoms. The second-order valence-electron chi connectivity index (χ2n) is 4.43. The van der Waals surface area contributed by atoms with E-state index in [9.17, 15) is 4.39 Å². The average Bonchev–Trinajstić information content (AvgIpc) is 2.42. The highest BCUT2D eigenvalue weighted by Gasteiger charge is 2.14. The van der Waals surface area contributed by atoms with Crippen molar-refractivity contribution in [3.05, 3.63) is 62.3 Å². The number of ether oxygens (including phenoxy) is 1. The lowest BCUT2D eigenvalue weighted by Gasteiger charge is -2.16. The number of hydrogen-bond acceptors (Lipinski definition) is 2. The smallest absolute Gasteiger partial charge is 0.124 e. The zero-order valence-electron chi connectivity index (χ0n) is 10.9. The molecule has 0 amide bonds. The maximum absolute atomic E-state index is 13.1. The van der Waals surface area contributed by atoms with E-state index >= 15 is 0 Å². The Morgan fingerprint density at radius 1 is 1.15 bits per heavy atom. The fourth-order valence-electron chi connectivity index (χ4n) is 1.97. The first kappa shape index (κ1) is 15.5. The molecule has 0 heterocycles. The number of rotatable bonds is 4. The molecule has 0 saturated carbocycles. The van der Waals surface area contributed by atoms with E-state index in [1.54, 1.807) is 13.2 Å². The van der Waals surface area contributed by atoms with Crippen molar-refractivity contribution in [1.82, 2.24) is 0 Å². The first-order valence-electron chi connectivity index (χ1n) is 6.04. The van der Waals surface area contributed by atoms with Gasteiger partial charge >= 0.3 is 0 Å². The summed E-state index contributed by atoms with van der Waals surface area (Å²) in [7, 11) is 1.62. The van der Waals surface area contributed by atoms with Crippen molar-refractivity contribution in [2.45, 2.75) is 12.5 Å². The Labute approximate surface area is 134 Å². The van der Waals surface area contributed by atoms with E-state index in [1.165, 1.54) is 12.1 Å². The first-order chi connectivity index (χ1) is 9.51. The van der Waals surface area contributed by atoms with Crippen LogP contribution in [0.3, 0.4) is 0 Å². The fraction of sp³-hybridized carbons (Fsp3) is 0.200. The molecule has 0 bridgehead atoms. The Kier molecular flexibility index (Phi) is 5.18. The van der Waals surface area contributed by atoms with Gasteiger partial charge in [-0.15, -0.1) is 0 Å². The molecule has 0 saturated heterocycles. The number of methoxy groups -OCH3 is 1. The Hall–Kier alpha value is -0.910. The van der Waals surface area contributed by atoms with Crippen LogP contribution in [-0.4, -0.2) is 7.11 Å². The van der Waals surface area contributed by atoms with Gasteiger partial charge in [0, 0.05) is 15.0 Å². The quantitative estimate of drug-likeness (QED) is 0.810. The third-order valence-corrected chi connectivity index (χ3v) is 4.52. The van der Waals surface area contributed by atoms with Gasteiger partial charge in [-0.2, -0.15) is 0 Å². The maximum atomic E-state index is 13.1. The summed E-state index contributed by atoms with van der Waals surface area (Å²) in [6.45, 7) is 0. The van der Waals surface area contributed by atoms with Gasteiger partial charge in [0.05, 0.1) is 7.11 Å². The third kappa shape index (κ3) is 3.59. The lowest BCUT2D eigenvalue weighted by Crippen LogP contribution is -2.14. The second-order valence-corrected chi connectivity index (χ2v) is 6.14. The molecule has 5 heteroatoms. The monoisotopic (exact) mass is 401 g/mol. The lowest BCUT2D eigenvalue weighted by molar-refractivity contribution is 0.413. The van der Waals surface area contributed by atoms with Gasteiger partial charge in [0.15, 0.2) is 0 Å². The van der Waals surface area contributed by atoms with E-state index in [-0.39, 0.29) is 11.9 Å². The number of halogens is 3. The van der Waals surface area contributed by atoms with Crippen molar-refractivity contribution < 1.29 is 9.13 Å². The summed E-state index contributed by atoms with van der Waals surface area (Å²) in [5.74, 6) is 0.494. The molecule has 0 aromatic heterocycles. The minimum atomic E-state index is -0.267. The Morgan fingerprint density at radius 2 is 1.90 bits per heavy atom. The minimum Gasteiger partial charge on any atom is -0.497 e. The number of hydrogen-bond donors (Lipinski definition) is 1. The fourth-order valence-corrected chi connectivity index (χ4v) is 3.02. The predicted molar refractivity (Wildman–Crippen MR) is 85.4 cm³/mol. The van der Waals surface area contributed by atoms with Crippen LogP contribution < -0.4 is 10.5 Å². The van der Waals surface area contributed by atoms with Crippen LogP contribution in [0.1, 0.15) is 17.2 Å². The Bertz CT molecular complexity index is 619. The summed E-state index contributed by atoms with van der Waals surface area (Å²) >= 11 is 6.86. The Balaban J connectivity index is 2.25. The van der Waals surface area contributed by atoms with Crippen LogP contribution >= 0.6 is 31.9 Å². The molecule has 2 rings (SSSR count). The lowest BCUT2D eigenvalue weighted by atomic mass is 9.99. The molecule has 2 N–H and O–H groups in total. The molecule has 106 valence electrons. The molecule has 0 aliphatic carbocycles. The summed E-state index contributed by atoms with van der Waals surface area (Å²) < 4.78 is 20.0. The molecule has 1 atom stereocenters. The third-order valence-electron chi connectivity index (χ3n) is 3.06. The molecule has 0 fully saturated rings. The molecular weight excluding hydrogens is 389 g/mol. The van der Waals surface area contributed by atoms with Gasteiger partial charge in [-0.25, -0.2) is 4.39 Å². The standard InChI is InChI=1S/C15H14Br2FNO/c1-20-11-4-5-13(16)12(8-11)15(19)6-9-2-3-10(18)7-14(9)17/h2-5,7-8,15H,6,19H2,1H3. The average molecular weight is 403 g/mol. The molecule has 0 radical (unpaired) electrons. The van der Waals surface area contributed by atoms with Gasteiger partial charge in [0.2, 0.25) is 0 Å². The predicted octanol–water partition coefficient (Wildman–Crippen LogP) is 4.60. The molecule has 0 aliphatic heterocycles. The van der Waals surface area contributed by atoms with E-state index < -0.39 is 0 Å². The normalized spacial score (nSPS) is 12.2. The van der Waals surface area contributed by atoms with Crippen LogP contribution in [0, 0.1) is 5.82 Å². The van der Waals surface area contributed by atoms with Gasteiger partial charge in [-0.3, -0.25) is 0 Å². The minimum absolute atomic E-state index is 0.207.